The summed E-state index contributed by atoms with van der Waals surface area (Å²) in [4.78, 5) is 11.9. The SMILES string of the molecule is C[C@@H]1COCCN1C1CCC(Nc2cc(-c3ncccc3NCC3(C#N)CCOCC3)c(Cl)cn2)CC1. The van der Waals surface area contributed by atoms with Gasteiger partial charge in [-0.1, -0.05) is 11.6 Å². The second-order valence-corrected chi connectivity index (χ2v) is 11.0. The van der Waals surface area contributed by atoms with Gasteiger partial charge < -0.3 is 20.1 Å². The van der Waals surface area contributed by atoms with Gasteiger partial charge in [0.15, 0.2) is 0 Å². The summed E-state index contributed by atoms with van der Waals surface area (Å²) in [5.74, 6) is 0.817. The van der Waals surface area contributed by atoms with Gasteiger partial charge in [-0.3, -0.25) is 9.88 Å². The van der Waals surface area contributed by atoms with Crippen LogP contribution in [-0.4, -0.2) is 72.5 Å². The van der Waals surface area contributed by atoms with E-state index in [4.69, 9.17) is 21.1 Å². The molecule has 5 rings (SSSR count). The quantitative estimate of drug-likeness (QED) is 0.524. The second kappa shape index (κ2) is 12.0. The van der Waals surface area contributed by atoms with Crippen LogP contribution < -0.4 is 10.6 Å². The van der Waals surface area contributed by atoms with E-state index in [1.807, 2.05) is 18.2 Å². The van der Waals surface area contributed by atoms with Crippen LogP contribution in [0.25, 0.3) is 11.3 Å². The Morgan fingerprint density at radius 1 is 1.16 bits per heavy atom. The van der Waals surface area contributed by atoms with Crippen LogP contribution in [0.5, 0.6) is 0 Å². The standard InChI is InChI=1S/C28H37ClN6O2/c1-20-17-37-14-11-35(20)22-6-4-21(5-7-22)34-26-15-23(24(29)16-32-26)27-25(3-2-10-31-27)33-19-28(18-30)8-12-36-13-9-28/h2-3,10,15-16,20-22,33H,4-9,11-14,17,19H2,1H3,(H,32,34)/t20-,21?,22?/m1/s1. The predicted molar refractivity (Wildman–Crippen MR) is 146 cm³/mol. The van der Waals surface area contributed by atoms with Gasteiger partial charge in [0.2, 0.25) is 0 Å². The molecule has 2 aromatic rings. The predicted octanol–water partition coefficient (Wildman–Crippen LogP) is 4.97. The van der Waals surface area contributed by atoms with Gasteiger partial charge in [-0.25, -0.2) is 4.98 Å². The number of nitrogens with zero attached hydrogens (tertiary/aromatic N) is 4. The van der Waals surface area contributed by atoms with E-state index in [0.29, 0.717) is 42.9 Å². The summed E-state index contributed by atoms with van der Waals surface area (Å²) in [6.07, 6.45) is 9.52. The lowest BCUT2D eigenvalue weighted by Crippen LogP contribution is -2.51. The molecule has 2 aromatic heterocycles. The first-order valence-electron chi connectivity index (χ1n) is 13.5. The van der Waals surface area contributed by atoms with E-state index in [0.717, 1.165) is 68.2 Å². The molecule has 2 N–H and O–H groups in total. The molecule has 2 aliphatic heterocycles. The molecule has 2 saturated heterocycles. The normalized spacial score (nSPS) is 26.2. The van der Waals surface area contributed by atoms with E-state index in [9.17, 15) is 5.26 Å². The highest BCUT2D eigenvalue weighted by molar-refractivity contribution is 6.33. The molecule has 1 atom stereocenters. The Labute approximate surface area is 224 Å². The van der Waals surface area contributed by atoms with E-state index in [1.54, 1.807) is 12.4 Å². The van der Waals surface area contributed by atoms with E-state index in [-0.39, 0.29) is 0 Å². The van der Waals surface area contributed by atoms with Gasteiger partial charge in [0.1, 0.15) is 5.82 Å². The van der Waals surface area contributed by atoms with Crippen molar-refractivity contribution in [1.29, 1.82) is 5.26 Å². The van der Waals surface area contributed by atoms with Gasteiger partial charge >= 0.3 is 0 Å². The maximum absolute atomic E-state index is 9.84. The van der Waals surface area contributed by atoms with Gasteiger partial charge in [-0.15, -0.1) is 0 Å². The van der Waals surface area contributed by atoms with Crippen molar-refractivity contribution in [3.8, 4) is 17.3 Å². The molecule has 1 aliphatic carbocycles. The number of nitriles is 1. The maximum atomic E-state index is 9.84. The minimum absolute atomic E-state index is 0.388. The minimum Gasteiger partial charge on any atom is -0.382 e. The van der Waals surface area contributed by atoms with Crippen LogP contribution in [0.1, 0.15) is 45.4 Å². The van der Waals surface area contributed by atoms with Crippen LogP contribution in [0.4, 0.5) is 11.5 Å². The number of aromatic nitrogens is 2. The molecule has 0 spiro atoms. The van der Waals surface area contributed by atoms with Crippen LogP contribution in [-0.2, 0) is 9.47 Å². The third kappa shape index (κ3) is 6.18. The smallest absolute Gasteiger partial charge is 0.126 e. The van der Waals surface area contributed by atoms with E-state index < -0.39 is 5.41 Å². The Kier molecular flexibility index (Phi) is 8.46. The largest absolute Gasteiger partial charge is 0.382 e. The molecule has 1 saturated carbocycles. The summed E-state index contributed by atoms with van der Waals surface area (Å²) in [5.41, 5.74) is 2.03. The molecule has 0 bridgehead atoms. The molecule has 9 heteroatoms. The van der Waals surface area contributed by atoms with Crippen LogP contribution in [0.15, 0.2) is 30.6 Å². The second-order valence-electron chi connectivity index (χ2n) is 10.6. The number of pyridine rings is 2. The third-order valence-corrected chi connectivity index (χ3v) is 8.46. The zero-order chi connectivity index (χ0) is 25.7. The average Bonchev–Trinajstić information content (AvgIpc) is 2.94. The van der Waals surface area contributed by atoms with Crippen molar-refractivity contribution < 1.29 is 9.47 Å². The van der Waals surface area contributed by atoms with Crippen molar-refractivity contribution in [2.45, 2.75) is 63.6 Å². The van der Waals surface area contributed by atoms with Crippen molar-refractivity contribution in [3.05, 3.63) is 35.6 Å². The Hall–Kier alpha value is -2.44. The van der Waals surface area contributed by atoms with E-state index in [2.05, 4.69) is 38.5 Å². The summed E-state index contributed by atoms with van der Waals surface area (Å²) in [7, 11) is 0. The lowest BCUT2D eigenvalue weighted by Gasteiger charge is -2.42. The van der Waals surface area contributed by atoms with Gasteiger partial charge in [-0.05, 0) is 63.6 Å². The number of hydrogen-bond donors (Lipinski definition) is 2. The summed E-state index contributed by atoms with van der Waals surface area (Å²) in [5, 5.41) is 17.5. The monoisotopic (exact) mass is 524 g/mol. The van der Waals surface area contributed by atoms with E-state index >= 15 is 0 Å². The fraction of sp³-hybridized carbons (Fsp3) is 0.607. The topological polar surface area (TPSA) is 95.3 Å². The highest BCUT2D eigenvalue weighted by atomic mass is 35.5. The zero-order valence-electron chi connectivity index (χ0n) is 21.6. The third-order valence-electron chi connectivity index (χ3n) is 8.16. The lowest BCUT2D eigenvalue weighted by atomic mass is 9.81. The first-order chi connectivity index (χ1) is 18.1. The molecule has 0 amide bonds. The molecule has 0 aromatic carbocycles. The summed E-state index contributed by atoms with van der Waals surface area (Å²) in [6, 6.07) is 9.94. The molecule has 0 radical (unpaired) electrons. The molecular formula is C28H37ClN6O2. The number of anilines is 2. The fourth-order valence-electron chi connectivity index (χ4n) is 5.86. The summed E-state index contributed by atoms with van der Waals surface area (Å²) >= 11 is 6.63. The first-order valence-corrected chi connectivity index (χ1v) is 13.9. The van der Waals surface area contributed by atoms with Crippen molar-refractivity contribution in [3.63, 3.8) is 0 Å². The van der Waals surface area contributed by atoms with Crippen LogP contribution >= 0.6 is 11.6 Å². The molecule has 198 valence electrons. The van der Waals surface area contributed by atoms with Gasteiger partial charge in [0, 0.05) is 62.4 Å². The number of rotatable bonds is 7. The minimum atomic E-state index is -0.433. The molecule has 3 fully saturated rings. The van der Waals surface area contributed by atoms with Crippen LogP contribution in [0.3, 0.4) is 0 Å². The number of morpholine rings is 1. The first kappa shape index (κ1) is 26.2. The van der Waals surface area contributed by atoms with Crippen LogP contribution in [0.2, 0.25) is 5.02 Å². The molecule has 0 unspecified atom stereocenters. The number of halogens is 1. The van der Waals surface area contributed by atoms with E-state index in [1.165, 1.54) is 12.8 Å². The number of ether oxygens (including phenoxy) is 2. The molecule has 4 heterocycles. The number of hydrogen-bond acceptors (Lipinski definition) is 8. The summed E-state index contributed by atoms with van der Waals surface area (Å²) in [6.45, 7) is 6.77. The molecule has 37 heavy (non-hydrogen) atoms. The van der Waals surface area contributed by atoms with Crippen molar-refractivity contribution in [1.82, 2.24) is 14.9 Å². The Morgan fingerprint density at radius 3 is 2.73 bits per heavy atom. The Bertz CT molecular complexity index is 1090. The maximum Gasteiger partial charge on any atom is 0.126 e. The van der Waals surface area contributed by atoms with Gasteiger partial charge in [0.05, 0.1) is 41.1 Å². The Morgan fingerprint density at radius 2 is 1.97 bits per heavy atom. The van der Waals surface area contributed by atoms with Gasteiger partial charge in [-0.2, -0.15) is 5.26 Å². The molecular weight excluding hydrogens is 488 g/mol. The van der Waals surface area contributed by atoms with Crippen molar-refractivity contribution >= 4 is 23.1 Å². The molecule has 3 aliphatic rings. The average molecular weight is 525 g/mol. The van der Waals surface area contributed by atoms with Gasteiger partial charge in [0.25, 0.3) is 0 Å². The number of nitrogens with one attached hydrogen (secondary N) is 2. The lowest BCUT2D eigenvalue weighted by molar-refractivity contribution is -0.0296. The highest BCUT2D eigenvalue weighted by Crippen LogP contribution is 2.36. The molecule has 8 nitrogen and oxygen atoms in total. The van der Waals surface area contributed by atoms with Crippen LogP contribution in [0, 0.1) is 16.7 Å². The van der Waals surface area contributed by atoms with Crippen molar-refractivity contribution in [2.75, 3.05) is 50.2 Å². The zero-order valence-corrected chi connectivity index (χ0v) is 22.3. The fourth-order valence-corrected chi connectivity index (χ4v) is 6.05. The summed E-state index contributed by atoms with van der Waals surface area (Å²) < 4.78 is 11.1. The van der Waals surface area contributed by atoms with Crippen molar-refractivity contribution in [2.24, 2.45) is 5.41 Å². The Balaban J connectivity index is 1.25. The highest BCUT2D eigenvalue weighted by Gasteiger charge is 2.33.